The molecule has 2 aromatic rings. The Morgan fingerprint density at radius 2 is 2.39 bits per heavy atom. The number of nitrogens with zero attached hydrogens (tertiary/aromatic N) is 1. The number of thiazole rings is 1. The largest absolute Gasteiger partial charge is 0.383 e. The molecule has 0 spiro atoms. The summed E-state index contributed by atoms with van der Waals surface area (Å²) in [5, 5.41) is 8.23. The molecule has 2 N–H and O–H groups in total. The van der Waals surface area contributed by atoms with Gasteiger partial charge in [0, 0.05) is 18.3 Å². The number of benzene rings is 1. The monoisotopic (exact) mass is 261 g/mol. The number of fused-ring (bicyclic) bond motifs is 1. The third kappa shape index (κ3) is 2.65. The van der Waals surface area contributed by atoms with Crippen molar-refractivity contribution < 1.29 is 0 Å². The van der Waals surface area contributed by atoms with Crippen LogP contribution >= 0.6 is 11.3 Å². The maximum Gasteiger partial charge on any atom is 0.0907 e. The highest BCUT2D eigenvalue weighted by Gasteiger charge is 2.11. The molecule has 1 aliphatic rings. The molecule has 1 aliphatic heterocycles. The van der Waals surface area contributed by atoms with E-state index in [4.69, 9.17) is 0 Å². The second kappa shape index (κ2) is 5.24. The maximum atomic E-state index is 4.48. The summed E-state index contributed by atoms with van der Waals surface area (Å²) < 4.78 is 1.27. The number of rotatable bonds is 3. The van der Waals surface area contributed by atoms with Crippen LogP contribution in [-0.4, -0.2) is 24.1 Å². The highest BCUT2D eigenvalue weighted by molar-refractivity contribution is 7.18. The van der Waals surface area contributed by atoms with E-state index in [9.17, 15) is 0 Å². The van der Waals surface area contributed by atoms with Crippen LogP contribution in [-0.2, 0) is 0 Å². The molecule has 96 valence electrons. The minimum atomic E-state index is 0.623. The average molecular weight is 261 g/mol. The molecule has 0 amide bonds. The van der Waals surface area contributed by atoms with Crippen molar-refractivity contribution in [1.82, 2.24) is 10.3 Å². The Kier molecular flexibility index (Phi) is 3.48. The summed E-state index contributed by atoms with van der Waals surface area (Å²) in [6.45, 7) is 4.24. The van der Waals surface area contributed by atoms with Crippen LogP contribution in [0.1, 0.15) is 24.3 Å². The molecule has 1 unspecified atom stereocenters. The Hall–Kier alpha value is -1.13. The molecule has 4 heteroatoms. The second-order valence-electron chi connectivity index (χ2n) is 4.94. The first kappa shape index (κ1) is 11.9. The smallest absolute Gasteiger partial charge is 0.0907 e. The number of aryl methyl sites for hydroxylation is 1. The van der Waals surface area contributed by atoms with Crippen molar-refractivity contribution in [2.75, 3.05) is 18.4 Å². The number of hydrogen-bond donors (Lipinski definition) is 2. The first-order valence-electron chi connectivity index (χ1n) is 6.66. The van der Waals surface area contributed by atoms with E-state index in [1.54, 1.807) is 11.3 Å². The molecule has 0 saturated carbocycles. The van der Waals surface area contributed by atoms with Crippen LogP contribution in [0.4, 0.5) is 5.69 Å². The van der Waals surface area contributed by atoms with E-state index < -0.39 is 0 Å². The van der Waals surface area contributed by atoms with Crippen LogP contribution in [0.15, 0.2) is 18.2 Å². The zero-order chi connectivity index (χ0) is 12.4. The van der Waals surface area contributed by atoms with Crippen LogP contribution in [0.2, 0.25) is 0 Å². The molecular weight excluding hydrogens is 242 g/mol. The minimum absolute atomic E-state index is 0.623. The van der Waals surface area contributed by atoms with Crippen LogP contribution < -0.4 is 10.6 Å². The number of hydrogen-bond acceptors (Lipinski definition) is 4. The zero-order valence-electron chi connectivity index (χ0n) is 10.7. The van der Waals surface area contributed by atoms with Gasteiger partial charge in [-0.05, 0) is 44.5 Å². The Labute approximate surface area is 112 Å². The predicted octanol–water partition coefficient (Wildman–Crippen LogP) is 3.16. The van der Waals surface area contributed by atoms with Gasteiger partial charge < -0.3 is 10.6 Å². The molecule has 0 bridgehead atoms. The molecule has 1 aromatic carbocycles. The van der Waals surface area contributed by atoms with E-state index >= 15 is 0 Å². The Balaban J connectivity index is 1.66. The molecule has 3 nitrogen and oxygen atoms in total. The fourth-order valence-corrected chi connectivity index (χ4v) is 3.36. The molecule has 0 aliphatic carbocycles. The van der Waals surface area contributed by atoms with E-state index in [0.717, 1.165) is 17.1 Å². The zero-order valence-corrected chi connectivity index (χ0v) is 11.5. The van der Waals surface area contributed by atoms with Crippen LogP contribution in [0.5, 0.6) is 0 Å². The van der Waals surface area contributed by atoms with Gasteiger partial charge in [-0.3, -0.25) is 0 Å². The summed E-state index contributed by atoms with van der Waals surface area (Å²) >= 11 is 1.76. The maximum absolute atomic E-state index is 4.48. The van der Waals surface area contributed by atoms with Gasteiger partial charge in [0.1, 0.15) is 0 Å². The van der Waals surface area contributed by atoms with Crippen molar-refractivity contribution in [3.05, 3.63) is 23.2 Å². The molecule has 1 fully saturated rings. The van der Waals surface area contributed by atoms with Gasteiger partial charge >= 0.3 is 0 Å². The Bertz CT molecular complexity index is 529. The summed E-state index contributed by atoms with van der Waals surface area (Å²) in [5.74, 6) is 0. The number of aromatic nitrogens is 1. The summed E-state index contributed by atoms with van der Waals surface area (Å²) in [6.07, 6.45) is 3.96. The van der Waals surface area contributed by atoms with Crippen molar-refractivity contribution in [1.29, 1.82) is 0 Å². The van der Waals surface area contributed by atoms with Gasteiger partial charge in [0.25, 0.3) is 0 Å². The highest BCUT2D eigenvalue weighted by atomic mass is 32.1. The van der Waals surface area contributed by atoms with Gasteiger partial charge in [-0.2, -0.15) is 0 Å². The SMILES string of the molecule is Cc1nc2ccc(NCC3CCCCN3)cc2s1. The number of anilines is 1. The number of piperidine rings is 1. The van der Waals surface area contributed by atoms with Gasteiger partial charge in [0.2, 0.25) is 0 Å². The third-order valence-corrected chi connectivity index (χ3v) is 4.39. The molecule has 0 radical (unpaired) electrons. The fourth-order valence-electron chi connectivity index (χ4n) is 2.49. The van der Waals surface area contributed by atoms with Crippen molar-refractivity contribution in [3.8, 4) is 0 Å². The van der Waals surface area contributed by atoms with Gasteiger partial charge in [-0.1, -0.05) is 6.42 Å². The highest BCUT2D eigenvalue weighted by Crippen LogP contribution is 2.24. The van der Waals surface area contributed by atoms with E-state index in [2.05, 4.69) is 40.7 Å². The van der Waals surface area contributed by atoms with Gasteiger partial charge in [-0.25, -0.2) is 4.98 Å². The van der Waals surface area contributed by atoms with Gasteiger partial charge in [-0.15, -0.1) is 11.3 Å². The topological polar surface area (TPSA) is 37.0 Å². The van der Waals surface area contributed by atoms with Crippen molar-refractivity contribution in [2.45, 2.75) is 32.2 Å². The van der Waals surface area contributed by atoms with Crippen molar-refractivity contribution in [3.63, 3.8) is 0 Å². The molecule has 1 saturated heterocycles. The first-order chi connectivity index (χ1) is 8.81. The standard InChI is InChI=1S/C14H19N3S/c1-10-17-13-6-5-11(8-14(13)18-10)16-9-12-4-2-3-7-15-12/h5-6,8,12,15-16H,2-4,7,9H2,1H3. The van der Waals surface area contributed by atoms with Gasteiger partial charge in [0.15, 0.2) is 0 Å². The van der Waals surface area contributed by atoms with Crippen molar-refractivity contribution >= 4 is 27.2 Å². The number of nitrogens with one attached hydrogen (secondary N) is 2. The molecular formula is C14H19N3S. The summed E-state index contributed by atoms with van der Waals surface area (Å²) in [5.41, 5.74) is 2.32. The third-order valence-electron chi connectivity index (χ3n) is 3.46. The van der Waals surface area contributed by atoms with Crippen LogP contribution in [0, 0.1) is 6.92 Å². The quantitative estimate of drug-likeness (QED) is 0.891. The van der Waals surface area contributed by atoms with E-state index in [0.29, 0.717) is 6.04 Å². The van der Waals surface area contributed by atoms with Crippen LogP contribution in [0.3, 0.4) is 0 Å². The molecule has 18 heavy (non-hydrogen) atoms. The first-order valence-corrected chi connectivity index (χ1v) is 7.47. The van der Waals surface area contributed by atoms with Crippen LogP contribution in [0.25, 0.3) is 10.2 Å². The lowest BCUT2D eigenvalue weighted by molar-refractivity contribution is 0.414. The van der Waals surface area contributed by atoms with E-state index in [1.165, 1.54) is 36.2 Å². The lowest BCUT2D eigenvalue weighted by Crippen LogP contribution is -2.39. The normalized spacial score (nSPS) is 20.2. The molecule has 1 atom stereocenters. The summed E-state index contributed by atoms with van der Waals surface area (Å²) in [6, 6.07) is 7.07. The summed E-state index contributed by atoms with van der Waals surface area (Å²) in [7, 11) is 0. The molecule has 3 rings (SSSR count). The van der Waals surface area contributed by atoms with Crippen molar-refractivity contribution in [2.24, 2.45) is 0 Å². The fraction of sp³-hybridized carbons (Fsp3) is 0.500. The predicted molar refractivity (Wildman–Crippen MR) is 78.5 cm³/mol. The van der Waals surface area contributed by atoms with E-state index in [1.807, 2.05) is 0 Å². The molecule has 2 heterocycles. The minimum Gasteiger partial charge on any atom is -0.383 e. The lowest BCUT2D eigenvalue weighted by atomic mass is 10.1. The Morgan fingerprint density at radius 3 is 3.22 bits per heavy atom. The second-order valence-corrected chi connectivity index (χ2v) is 6.18. The summed E-state index contributed by atoms with van der Waals surface area (Å²) in [4.78, 5) is 4.48. The van der Waals surface area contributed by atoms with Gasteiger partial charge in [0.05, 0.1) is 15.2 Å². The molecule has 1 aromatic heterocycles. The average Bonchev–Trinajstić information content (AvgIpc) is 2.77. The lowest BCUT2D eigenvalue weighted by Gasteiger charge is -2.24. The van der Waals surface area contributed by atoms with E-state index in [-0.39, 0.29) is 0 Å². The Morgan fingerprint density at radius 1 is 1.44 bits per heavy atom.